The molecule has 1 aromatic rings. The summed E-state index contributed by atoms with van der Waals surface area (Å²) in [7, 11) is 0. The molecule has 1 aliphatic rings. The Hall–Kier alpha value is -1.65. The first kappa shape index (κ1) is 13.8. The van der Waals surface area contributed by atoms with Crippen molar-refractivity contribution in [3.05, 3.63) is 29.8 Å². The summed E-state index contributed by atoms with van der Waals surface area (Å²) in [5.41, 5.74) is 0.206. The number of aromatic nitrogens is 1. The number of carbonyl (C=O) groups is 1. The molecule has 4 nitrogen and oxygen atoms in total. The molecule has 0 aromatic carbocycles. The van der Waals surface area contributed by atoms with Crippen LogP contribution in [0.4, 0.5) is 9.18 Å². The lowest BCUT2D eigenvalue weighted by molar-refractivity contribution is 0.0292. The number of hydrogen-bond acceptors (Lipinski definition) is 3. The Morgan fingerprint density at radius 1 is 1.53 bits per heavy atom. The minimum absolute atomic E-state index is 0.0863. The van der Waals surface area contributed by atoms with Crippen LogP contribution in [-0.2, 0) is 4.74 Å². The van der Waals surface area contributed by atoms with Gasteiger partial charge in [0.25, 0.3) is 0 Å². The lowest BCUT2D eigenvalue weighted by Gasteiger charge is -2.24. The molecule has 0 bridgehead atoms. The van der Waals surface area contributed by atoms with Crippen LogP contribution in [0.5, 0.6) is 0 Å². The molecule has 1 unspecified atom stereocenters. The minimum Gasteiger partial charge on any atom is -0.444 e. The highest BCUT2D eigenvalue weighted by Crippen LogP contribution is 2.27. The smallest absolute Gasteiger partial charge is 0.410 e. The molecule has 1 aromatic heterocycles. The molecule has 5 heteroatoms. The van der Waals surface area contributed by atoms with Crippen molar-refractivity contribution in [2.75, 3.05) is 13.1 Å². The molecule has 104 valence electrons. The molecule has 0 radical (unpaired) electrons. The Kier molecular flexibility index (Phi) is 3.73. The topological polar surface area (TPSA) is 42.4 Å². The van der Waals surface area contributed by atoms with Crippen molar-refractivity contribution in [3.63, 3.8) is 0 Å². The second kappa shape index (κ2) is 5.15. The number of ether oxygens (including phenoxy) is 1. The van der Waals surface area contributed by atoms with E-state index in [1.165, 1.54) is 18.3 Å². The second-order valence-corrected chi connectivity index (χ2v) is 5.81. The Bertz CT molecular complexity index is 471. The molecule has 1 aliphatic heterocycles. The Balaban J connectivity index is 1.98. The molecule has 1 saturated heterocycles. The third-order valence-electron chi connectivity index (χ3n) is 3.00. The van der Waals surface area contributed by atoms with Gasteiger partial charge in [0.15, 0.2) is 0 Å². The molecule has 0 spiro atoms. The molecule has 1 amide bonds. The molecule has 2 rings (SSSR count). The summed E-state index contributed by atoms with van der Waals surface area (Å²) in [6.45, 7) is 6.68. The fourth-order valence-electron chi connectivity index (χ4n) is 2.14. The van der Waals surface area contributed by atoms with Crippen LogP contribution in [0.25, 0.3) is 0 Å². The van der Waals surface area contributed by atoms with Gasteiger partial charge in [-0.3, -0.25) is 4.98 Å². The van der Waals surface area contributed by atoms with Gasteiger partial charge in [-0.15, -0.1) is 0 Å². The number of halogens is 1. The Morgan fingerprint density at radius 2 is 2.26 bits per heavy atom. The zero-order valence-corrected chi connectivity index (χ0v) is 11.5. The number of pyridine rings is 1. The van der Waals surface area contributed by atoms with Crippen LogP contribution < -0.4 is 0 Å². The first-order valence-corrected chi connectivity index (χ1v) is 6.44. The van der Waals surface area contributed by atoms with Crippen molar-refractivity contribution in [1.29, 1.82) is 0 Å². The van der Waals surface area contributed by atoms with Crippen molar-refractivity contribution in [1.82, 2.24) is 9.88 Å². The van der Waals surface area contributed by atoms with Gasteiger partial charge in [0.1, 0.15) is 11.4 Å². The highest BCUT2D eigenvalue weighted by atomic mass is 19.1. The largest absolute Gasteiger partial charge is 0.444 e. The van der Waals surface area contributed by atoms with E-state index in [1.807, 2.05) is 20.8 Å². The summed E-state index contributed by atoms with van der Waals surface area (Å²) in [4.78, 5) is 17.7. The summed E-state index contributed by atoms with van der Waals surface area (Å²) < 4.78 is 18.5. The van der Waals surface area contributed by atoms with E-state index in [1.54, 1.807) is 4.90 Å². The molecule has 2 heterocycles. The zero-order chi connectivity index (χ0) is 14.0. The SMILES string of the molecule is CC(C)(C)OC(=O)N1CCC(c2cc(F)ccn2)C1. The van der Waals surface area contributed by atoms with Crippen molar-refractivity contribution >= 4 is 6.09 Å². The van der Waals surface area contributed by atoms with E-state index in [4.69, 9.17) is 4.74 Å². The third kappa shape index (κ3) is 3.66. The van der Waals surface area contributed by atoms with Crippen LogP contribution >= 0.6 is 0 Å². The van der Waals surface area contributed by atoms with Gasteiger partial charge in [-0.1, -0.05) is 0 Å². The normalized spacial score (nSPS) is 19.6. The predicted molar refractivity (Wildman–Crippen MR) is 69.4 cm³/mol. The van der Waals surface area contributed by atoms with Crippen LogP contribution in [0.1, 0.15) is 38.8 Å². The molecule has 19 heavy (non-hydrogen) atoms. The molecule has 0 N–H and O–H groups in total. The average Bonchev–Trinajstić information content (AvgIpc) is 2.75. The lowest BCUT2D eigenvalue weighted by Crippen LogP contribution is -2.35. The van der Waals surface area contributed by atoms with Gasteiger partial charge in [0.2, 0.25) is 0 Å². The van der Waals surface area contributed by atoms with Gasteiger partial charge >= 0.3 is 6.09 Å². The second-order valence-electron chi connectivity index (χ2n) is 5.81. The van der Waals surface area contributed by atoms with Gasteiger partial charge < -0.3 is 9.64 Å². The van der Waals surface area contributed by atoms with Crippen molar-refractivity contribution in [2.45, 2.75) is 38.7 Å². The first-order valence-electron chi connectivity index (χ1n) is 6.44. The van der Waals surface area contributed by atoms with Crippen LogP contribution in [0.3, 0.4) is 0 Å². The van der Waals surface area contributed by atoms with Crippen LogP contribution in [0.15, 0.2) is 18.3 Å². The molecule has 1 fully saturated rings. The quantitative estimate of drug-likeness (QED) is 0.785. The molecular formula is C14H19FN2O2. The van der Waals surface area contributed by atoms with Crippen LogP contribution in [0.2, 0.25) is 0 Å². The summed E-state index contributed by atoms with van der Waals surface area (Å²) >= 11 is 0. The minimum atomic E-state index is -0.494. The maximum Gasteiger partial charge on any atom is 0.410 e. The maximum atomic E-state index is 13.2. The Morgan fingerprint density at radius 3 is 2.89 bits per heavy atom. The van der Waals surface area contributed by atoms with Crippen molar-refractivity contribution < 1.29 is 13.9 Å². The van der Waals surface area contributed by atoms with E-state index in [2.05, 4.69) is 4.98 Å². The summed E-state index contributed by atoms with van der Waals surface area (Å²) in [6.07, 6.45) is 1.93. The summed E-state index contributed by atoms with van der Waals surface area (Å²) in [6, 6.07) is 2.76. The average molecular weight is 266 g/mol. The van der Waals surface area contributed by atoms with E-state index in [0.29, 0.717) is 18.8 Å². The van der Waals surface area contributed by atoms with Crippen molar-refractivity contribution in [2.24, 2.45) is 0 Å². The fraction of sp³-hybridized carbons (Fsp3) is 0.571. The Labute approximate surface area is 112 Å². The molecule has 0 saturated carbocycles. The van der Waals surface area contributed by atoms with E-state index < -0.39 is 5.60 Å². The molecule has 0 aliphatic carbocycles. The van der Waals surface area contributed by atoms with Gasteiger partial charge in [-0.05, 0) is 39.3 Å². The van der Waals surface area contributed by atoms with Crippen LogP contribution in [-0.4, -0.2) is 34.7 Å². The lowest BCUT2D eigenvalue weighted by atomic mass is 10.0. The van der Waals surface area contributed by atoms with Gasteiger partial charge in [-0.25, -0.2) is 9.18 Å². The molecule has 1 atom stereocenters. The standard InChI is InChI=1S/C14H19FN2O2/c1-14(2,3)19-13(18)17-7-5-10(9-17)12-8-11(15)4-6-16-12/h4,6,8,10H,5,7,9H2,1-3H3. The highest BCUT2D eigenvalue weighted by molar-refractivity contribution is 5.68. The first-order chi connectivity index (χ1) is 8.85. The number of likely N-dealkylation sites (tertiary alicyclic amines) is 1. The highest BCUT2D eigenvalue weighted by Gasteiger charge is 2.31. The van der Waals surface area contributed by atoms with E-state index in [-0.39, 0.29) is 17.8 Å². The number of nitrogens with zero attached hydrogens (tertiary/aromatic N) is 2. The fourth-order valence-corrected chi connectivity index (χ4v) is 2.14. The number of rotatable bonds is 1. The predicted octanol–water partition coefficient (Wildman–Crippen LogP) is 2.95. The van der Waals surface area contributed by atoms with Crippen molar-refractivity contribution in [3.8, 4) is 0 Å². The van der Waals surface area contributed by atoms with Gasteiger partial charge in [0, 0.05) is 30.9 Å². The zero-order valence-electron chi connectivity index (χ0n) is 11.5. The monoisotopic (exact) mass is 266 g/mol. The van der Waals surface area contributed by atoms with E-state index >= 15 is 0 Å². The van der Waals surface area contributed by atoms with E-state index in [0.717, 1.165) is 6.42 Å². The maximum absolute atomic E-state index is 13.2. The molecular weight excluding hydrogens is 247 g/mol. The number of carbonyl (C=O) groups excluding carboxylic acids is 1. The van der Waals surface area contributed by atoms with Gasteiger partial charge in [0.05, 0.1) is 0 Å². The third-order valence-corrected chi connectivity index (χ3v) is 3.00. The number of amides is 1. The van der Waals surface area contributed by atoms with E-state index in [9.17, 15) is 9.18 Å². The number of hydrogen-bond donors (Lipinski definition) is 0. The van der Waals surface area contributed by atoms with Crippen LogP contribution in [0, 0.1) is 5.82 Å². The van der Waals surface area contributed by atoms with Gasteiger partial charge in [-0.2, -0.15) is 0 Å². The summed E-state index contributed by atoms with van der Waals surface area (Å²) in [5, 5.41) is 0. The summed E-state index contributed by atoms with van der Waals surface area (Å²) in [5.74, 6) is -0.205.